The van der Waals surface area contributed by atoms with Crippen LogP contribution in [0, 0.1) is 0 Å². The van der Waals surface area contributed by atoms with Crippen LogP contribution in [0.5, 0.6) is 0 Å². The van der Waals surface area contributed by atoms with Crippen LogP contribution in [0.4, 0.5) is 11.4 Å². The maximum Gasteiger partial charge on any atom is 0.247 e. The molecule has 1 amide bonds. The van der Waals surface area contributed by atoms with Crippen molar-refractivity contribution in [3.05, 3.63) is 95.6 Å². The average molecular weight is 479 g/mol. The lowest BCUT2D eigenvalue weighted by molar-refractivity contribution is -0.116. The molecule has 1 N–H and O–H groups in total. The summed E-state index contributed by atoms with van der Waals surface area (Å²) in [5.74, 6) is -0.667. The fourth-order valence-electron chi connectivity index (χ4n) is 3.66. The minimum Gasteiger partial charge on any atom is -0.324 e. The number of sulfonamides is 1. The van der Waals surface area contributed by atoms with Crippen molar-refractivity contribution in [2.75, 3.05) is 15.9 Å². The standard InChI is InChI=1S/C27H30N2O4S/c1-19(29(34(5,32)33)24-12-7-6-8-13-24)26(31)28-23-11-9-10-21(18-23)25(30)20-14-16-22(17-15-20)27(2,3)4/h6-19H,1-5H3,(H,28,31)/t19-/m1/s1. The van der Waals surface area contributed by atoms with Crippen LogP contribution in [-0.2, 0) is 20.2 Å². The maximum absolute atomic E-state index is 13.0. The summed E-state index contributed by atoms with van der Waals surface area (Å²) >= 11 is 0. The summed E-state index contributed by atoms with van der Waals surface area (Å²) in [5.41, 5.74) is 2.91. The lowest BCUT2D eigenvalue weighted by Gasteiger charge is -2.28. The lowest BCUT2D eigenvalue weighted by atomic mass is 9.86. The zero-order chi connectivity index (χ0) is 25.1. The number of rotatable bonds is 7. The molecule has 0 spiro atoms. The number of benzene rings is 3. The first-order valence-corrected chi connectivity index (χ1v) is 12.8. The van der Waals surface area contributed by atoms with Crippen LogP contribution >= 0.6 is 0 Å². The third-order valence-electron chi connectivity index (χ3n) is 5.50. The highest BCUT2D eigenvalue weighted by molar-refractivity contribution is 7.92. The summed E-state index contributed by atoms with van der Waals surface area (Å²) in [6.07, 6.45) is 1.06. The summed E-state index contributed by atoms with van der Waals surface area (Å²) in [4.78, 5) is 26.0. The number of carbonyl (C=O) groups excluding carboxylic acids is 2. The van der Waals surface area contributed by atoms with Gasteiger partial charge in [-0.3, -0.25) is 13.9 Å². The van der Waals surface area contributed by atoms with Crippen molar-refractivity contribution in [3.63, 3.8) is 0 Å². The van der Waals surface area contributed by atoms with Gasteiger partial charge < -0.3 is 5.32 Å². The number of hydrogen-bond donors (Lipinski definition) is 1. The Kier molecular flexibility index (Phi) is 7.26. The number of hydrogen-bond acceptors (Lipinski definition) is 4. The van der Waals surface area contributed by atoms with Crippen molar-refractivity contribution in [3.8, 4) is 0 Å². The Bertz CT molecular complexity index is 1280. The van der Waals surface area contributed by atoms with Gasteiger partial charge >= 0.3 is 0 Å². The number of ketones is 1. The zero-order valence-corrected chi connectivity index (χ0v) is 20.9. The Morgan fingerprint density at radius 1 is 0.853 bits per heavy atom. The molecule has 0 fully saturated rings. The van der Waals surface area contributed by atoms with E-state index in [1.807, 2.05) is 12.1 Å². The molecule has 7 heteroatoms. The minimum atomic E-state index is -3.71. The average Bonchev–Trinajstić information content (AvgIpc) is 2.78. The van der Waals surface area contributed by atoms with E-state index in [-0.39, 0.29) is 11.2 Å². The van der Waals surface area contributed by atoms with Crippen molar-refractivity contribution in [1.82, 2.24) is 0 Å². The summed E-state index contributed by atoms with van der Waals surface area (Å²) in [7, 11) is -3.71. The first kappa shape index (κ1) is 25.2. The Morgan fingerprint density at radius 2 is 1.47 bits per heavy atom. The Balaban J connectivity index is 1.80. The van der Waals surface area contributed by atoms with E-state index in [0.29, 0.717) is 22.5 Å². The summed E-state index contributed by atoms with van der Waals surface area (Å²) in [5, 5.41) is 2.74. The highest BCUT2D eigenvalue weighted by Crippen LogP contribution is 2.24. The molecular formula is C27H30N2O4S. The monoisotopic (exact) mass is 478 g/mol. The SMILES string of the molecule is C[C@H](C(=O)Nc1cccc(C(=O)c2ccc(C(C)(C)C)cc2)c1)N(c1ccccc1)S(C)(=O)=O. The molecule has 0 bridgehead atoms. The van der Waals surface area contributed by atoms with Gasteiger partial charge in [0.2, 0.25) is 15.9 Å². The molecule has 0 aromatic heterocycles. The molecule has 0 radical (unpaired) electrons. The fourth-order valence-corrected chi connectivity index (χ4v) is 4.83. The highest BCUT2D eigenvalue weighted by atomic mass is 32.2. The zero-order valence-electron chi connectivity index (χ0n) is 20.1. The van der Waals surface area contributed by atoms with Gasteiger partial charge in [-0.05, 0) is 42.2 Å². The number of para-hydroxylation sites is 1. The van der Waals surface area contributed by atoms with E-state index >= 15 is 0 Å². The van der Waals surface area contributed by atoms with Crippen molar-refractivity contribution in [2.45, 2.75) is 39.2 Å². The van der Waals surface area contributed by atoms with Crippen LogP contribution < -0.4 is 9.62 Å². The second kappa shape index (κ2) is 9.81. The molecule has 3 aromatic rings. The lowest BCUT2D eigenvalue weighted by Crippen LogP contribution is -2.45. The van der Waals surface area contributed by atoms with Crippen molar-refractivity contribution in [2.24, 2.45) is 0 Å². The van der Waals surface area contributed by atoms with Gasteiger partial charge in [-0.15, -0.1) is 0 Å². The van der Waals surface area contributed by atoms with Gasteiger partial charge in [-0.25, -0.2) is 8.42 Å². The molecule has 0 saturated carbocycles. The molecule has 0 heterocycles. The summed E-state index contributed by atoms with van der Waals surface area (Å²) in [6, 6.07) is 21.6. The third kappa shape index (κ3) is 5.91. The molecule has 0 saturated heterocycles. The predicted octanol–water partition coefficient (Wildman–Crippen LogP) is 5.01. The smallest absolute Gasteiger partial charge is 0.247 e. The van der Waals surface area contributed by atoms with E-state index in [9.17, 15) is 18.0 Å². The number of anilines is 2. The van der Waals surface area contributed by atoms with Crippen molar-refractivity contribution in [1.29, 1.82) is 0 Å². The third-order valence-corrected chi connectivity index (χ3v) is 6.75. The highest BCUT2D eigenvalue weighted by Gasteiger charge is 2.29. The van der Waals surface area contributed by atoms with E-state index < -0.39 is 22.0 Å². The molecule has 0 unspecified atom stereocenters. The molecule has 178 valence electrons. The first-order valence-electron chi connectivity index (χ1n) is 11.0. The number of nitrogens with zero attached hydrogens (tertiary/aromatic N) is 1. The van der Waals surface area contributed by atoms with Gasteiger partial charge in [-0.1, -0.05) is 75.4 Å². The van der Waals surface area contributed by atoms with Crippen LogP contribution in [0.2, 0.25) is 0 Å². The van der Waals surface area contributed by atoms with Gasteiger partial charge in [0.15, 0.2) is 5.78 Å². The van der Waals surface area contributed by atoms with Crippen LogP contribution in [0.3, 0.4) is 0 Å². The normalized spacial score (nSPS) is 12.6. The van der Waals surface area contributed by atoms with Crippen LogP contribution in [0.25, 0.3) is 0 Å². The van der Waals surface area contributed by atoms with E-state index in [2.05, 4.69) is 26.1 Å². The number of carbonyl (C=O) groups is 2. The van der Waals surface area contributed by atoms with E-state index in [1.54, 1.807) is 66.7 Å². The molecule has 34 heavy (non-hydrogen) atoms. The Labute approximate surface area is 201 Å². The number of amides is 1. The van der Waals surface area contributed by atoms with Crippen molar-refractivity contribution < 1.29 is 18.0 Å². The fraction of sp³-hybridized carbons (Fsp3) is 0.259. The Hall–Kier alpha value is -3.45. The topological polar surface area (TPSA) is 83.6 Å². The maximum atomic E-state index is 13.0. The largest absolute Gasteiger partial charge is 0.324 e. The molecule has 3 aromatic carbocycles. The van der Waals surface area contributed by atoms with Crippen molar-refractivity contribution >= 4 is 33.1 Å². The second-order valence-corrected chi connectivity index (χ2v) is 11.2. The number of nitrogens with one attached hydrogen (secondary N) is 1. The van der Waals surface area contributed by atoms with Gasteiger partial charge in [0.25, 0.3) is 0 Å². The molecule has 0 aliphatic rings. The summed E-state index contributed by atoms with van der Waals surface area (Å²) < 4.78 is 25.9. The molecule has 0 aliphatic carbocycles. The quantitative estimate of drug-likeness (QED) is 0.484. The molecule has 3 rings (SSSR count). The molecule has 1 atom stereocenters. The van der Waals surface area contributed by atoms with Gasteiger partial charge in [0.05, 0.1) is 11.9 Å². The molecular weight excluding hydrogens is 448 g/mol. The summed E-state index contributed by atoms with van der Waals surface area (Å²) in [6.45, 7) is 7.86. The second-order valence-electron chi connectivity index (χ2n) is 9.30. The van der Waals surface area contributed by atoms with Gasteiger partial charge in [0.1, 0.15) is 6.04 Å². The van der Waals surface area contributed by atoms with E-state index in [4.69, 9.17) is 0 Å². The predicted molar refractivity (Wildman–Crippen MR) is 137 cm³/mol. The molecule has 6 nitrogen and oxygen atoms in total. The molecule has 0 aliphatic heterocycles. The van der Waals surface area contributed by atoms with Crippen LogP contribution in [0.15, 0.2) is 78.9 Å². The van der Waals surface area contributed by atoms with Crippen LogP contribution in [-0.4, -0.2) is 32.4 Å². The van der Waals surface area contributed by atoms with Gasteiger partial charge in [0, 0.05) is 16.8 Å². The first-order chi connectivity index (χ1) is 15.9. The Morgan fingerprint density at radius 3 is 2.03 bits per heavy atom. The van der Waals surface area contributed by atoms with E-state index in [1.165, 1.54) is 6.92 Å². The minimum absolute atomic E-state index is 0.0118. The van der Waals surface area contributed by atoms with E-state index in [0.717, 1.165) is 16.1 Å². The van der Waals surface area contributed by atoms with Gasteiger partial charge in [-0.2, -0.15) is 0 Å². The van der Waals surface area contributed by atoms with Crippen LogP contribution in [0.1, 0.15) is 49.2 Å².